The Bertz CT molecular complexity index is 831. The number of carbonyl (C=O) groups excluding carboxylic acids is 3. The zero-order chi connectivity index (χ0) is 22.3. The second-order valence-electron chi connectivity index (χ2n) is 6.96. The molecule has 0 atom stereocenters. The van der Waals surface area contributed by atoms with E-state index in [1.807, 2.05) is 0 Å². The van der Waals surface area contributed by atoms with Crippen LogP contribution in [0.3, 0.4) is 0 Å². The molecule has 0 N–H and O–H groups in total. The molecule has 1 aromatic heterocycles. The number of halogens is 6. The summed E-state index contributed by atoms with van der Waals surface area (Å²) in [6.45, 7) is -1.86. The van der Waals surface area contributed by atoms with Crippen LogP contribution in [0.4, 0.5) is 31.1 Å². The van der Waals surface area contributed by atoms with Crippen LogP contribution in [0.5, 0.6) is 0 Å². The van der Waals surface area contributed by atoms with Crippen LogP contribution in [-0.2, 0) is 11.0 Å². The van der Waals surface area contributed by atoms with Gasteiger partial charge < -0.3 is 9.80 Å². The van der Waals surface area contributed by atoms with Crippen LogP contribution in [0, 0.1) is 0 Å². The molecular formula is C17H16F6N4O3. The van der Waals surface area contributed by atoms with Gasteiger partial charge in [-0.2, -0.15) is 26.3 Å². The molecule has 0 spiro atoms. The van der Waals surface area contributed by atoms with E-state index in [1.165, 1.54) is 4.90 Å². The Labute approximate surface area is 166 Å². The highest BCUT2D eigenvalue weighted by Crippen LogP contribution is 2.28. The highest BCUT2D eigenvalue weighted by Gasteiger charge is 2.45. The lowest BCUT2D eigenvalue weighted by Gasteiger charge is -2.36. The van der Waals surface area contributed by atoms with Gasteiger partial charge in [0.15, 0.2) is 0 Å². The van der Waals surface area contributed by atoms with Crippen molar-refractivity contribution in [1.29, 1.82) is 0 Å². The lowest BCUT2D eigenvalue weighted by molar-refractivity contribution is -0.151. The van der Waals surface area contributed by atoms with Crippen LogP contribution in [-0.4, -0.2) is 75.9 Å². The van der Waals surface area contributed by atoms with Gasteiger partial charge in [-0.1, -0.05) is 0 Å². The number of alkyl halides is 6. The van der Waals surface area contributed by atoms with Crippen molar-refractivity contribution < 1.29 is 40.7 Å². The summed E-state index contributed by atoms with van der Waals surface area (Å²) in [5, 5.41) is 0. The molecule has 7 nitrogen and oxygen atoms in total. The number of imide groups is 1. The van der Waals surface area contributed by atoms with Gasteiger partial charge in [0.2, 0.25) is 0 Å². The summed E-state index contributed by atoms with van der Waals surface area (Å²) in [4.78, 5) is 42.2. The number of nitrogens with zero attached hydrogens (tertiary/aromatic N) is 4. The molecular weight excluding hydrogens is 422 g/mol. The maximum absolute atomic E-state index is 12.6. The van der Waals surface area contributed by atoms with E-state index in [9.17, 15) is 40.7 Å². The fourth-order valence-electron chi connectivity index (χ4n) is 3.43. The molecule has 3 rings (SSSR count). The molecule has 164 valence electrons. The first-order chi connectivity index (χ1) is 13.9. The van der Waals surface area contributed by atoms with E-state index >= 15 is 0 Å². The Morgan fingerprint density at radius 3 is 2.20 bits per heavy atom. The summed E-state index contributed by atoms with van der Waals surface area (Å²) in [7, 11) is 0. The van der Waals surface area contributed by atoms with E-state index in [0.717, 1.165) is 17.2 Å². The van der Waals surface area contributed by atoms with Crippen molar-refractivity contribution in [3.63, 3.8) is 0 Å². The number of carbonyl (C=O) groups is 3. The normalized spacial score (nSPS) is 19.1. The smallest absolute Gasteiger partial charge is 0.338 e. The lowest BCUT2D eigenvalue weighted by atomic mass is 10.0. The first-order valence-electron chi connectivity index (χ1n) is 8.87. The summed E-state index contributed by atoms with van der Waals surface area (Å²) in [6.07, 6.45) is -8.06. The van der Waals surface area contributed by atoms with Gasteiger partial charge >= 0.3 is 18.4 Å². The summed E-state index contributed by atoms with van der Waals surface area (Å²) in [6, 6.07) is 0.176. The number of likely N-dealkylation sites (tertiary alicyclic amines) is 1. The Hall–Kier alpha value is -2.86. The van der Waals surface area contributed by atoms with Crippen LogP contribution in [0.25, 0.3) is 0 Å². The van der Waals surface area contributed by atoms with Gasteiger partial charge in [-0.05, 0) is 25.0 Å². The number of hydrogen-bond acceptors (Lipinski definition) is 4. The lowest BCUT2D eigenvalue weighted by Crippen LogP contribution is -2.48. The topological polar surface area (TPSA) is 73.8 Å². The number of piperidine rings is 1. The van der Waals surface area contributed by atoms with Gasteiger partial charge in [-0.15, -0.1) is 0 Å². The number of pyridine rings is 1. The van der Waals surface area contributed by atoms with Gasteiger partial charge in [-0.25, -0.2) is 4.79 Å². The van der Waals surface area contributed by atoms with E-state index in [4.69, 9.17) is 0 Å². The van der Waals surface area contributed by atoms with Gasteiger partial charge in [0, 0.05) is 25.3 Å². The van der Waals surface area contributed by atoms with Crippen molar-refractivity contribution in [1.82, 2.24) is 19.7 Å². The molecule has 2 aliphatic rings. The summed E-state index contributed by atoms with van der Waals surface area (Å²) >= 11 is 0. The molecule has 2 fully saturated rings. The predicted molar refractivity (Wildman–Crippen MR) is 88.0 cm³/mol. The molecule has 0 unspecified atom stereocenters. The summed E-state index contributed by atoms with van der Waals surface area (Å²) in [5.41, 5.74) is -1.16. The second-order valence-corrected chi connectivity index (χ2v) is 6.96. The average Bonchev–Trinajstić information content (AvgIpc) is 2.94. The average molecular weight is 438 g/mol. The number of urea groups is 1. The molecule has 0 aliphatic carbocycles. The Morgan fingerprint density at radius 2 is 1.70 bits per heavy atom. The van der Waals surface area contributed by atoms with E-state index in [2.05, 4.69) is 4.98 Å². The molecule has 4 amide bonds. The van der Waals surface area contributed by atoms with E-state index in [1.54, 1.807) is 0 Å². The zero-order valence-electron chi connectivity index (χ0n) is 15.3. The molecule has 1 aromatic rings. The fraction of sp³-hybridized carbons (Fsp3) is 0.529. The Morgan fingerprint density at radius 1 is 1.07 bits per heavy atom. The highest BCUT2D eigenvalue weighted by molar-refractivity contribution is 6.02. The fourth-order valence-corrected chi connectivity index (χ4v) is 3.43. The monoisotopic (exact) mass is 438 g/mol. The summed E-state index contributed by atoms with van der Waals surface area (Å²) in [5.74, 6) is -1.48. The molecule has 30 heavy (non-hydrogen) atoms. The molecule has 0 radical (unpaired) electrons. The third-order valence-electron chi connectivity index (χ3n) is 4.91. The standard InChI is InChI=1S/C17H16F6N4O3/c18-16(19,20)9-27-13(28)8-26(15(27)30)11-3-5-25(6-4-11)14(29)10-1-2-12(24-7-10)17(21,22)23/h1-2,7,11H,3-6,8-9H2. The van der Waals surface area contributed by atoms with Crippen molar-refractivity contribution >= 4 is 17.8 Å². The molecule has 3 heterocycles. The highest BCUT2D eigenvalue weighted by atomic mass is 19.4. The third-order valence-corrected chi connectivity index (χ3v) is 4.91. The maximum Gasteiger partial charge on any atom is 0.433 e. The maximum atomic E-state index is 12.6. The van der Waals surface area contributed by atoms with Crippen LogP contribution in [0.15, 0.2) is 18.3 Å². The number of rotatable bonds is 3. The van der Waals surface area contributed by atoms with E-state index in [-0.39, 0.29) is 36.4 Å². The first kappa shape index (κ1) is 21.8. The van der Waals surface area contributed by atoms with Crippen molar-refractivity contribution in [2.75, 3.05) is 26.2 Å². The van der Waals surface area contributed by atoms with E-state index in [0.29, 0.717) is 6.07 Å². The van der Waals surface area contributed by atoms with Gasteiger partial charge in [-0.3, -0.25) is 19.5 Å². The number of hydrogen-bond donors (Lipinski definition) is 0. The number of aromatic nitrogens is 1. The largest absolute Gasteiger partial charge is 0.433 e. The van der Waals surface area contributed by atoms with Gasteiger partial charge in [0.25, 0.3) is 11.8 Å². The van der Waals surface area contributed by atoms with Gasteiger partial charge in [0.1, 0.15) is 18.8 Å². The van der Waals surface area contributed by atoms with Crippen molar-refractivity contribution in [2.45, 2.75) is 31.2 Å². The van der Waals surface area contributed by atoms with E-state index < -0.39 is 55.0 Å². The third kappa shape index (κ3) is 4.65. The molecule has 0 aromatic carbocycles. The van der Waals surface area contributed by atoms with Crippen molar-refractivity contribution in [3.8, 4) is 0 Å². The van der Waals surface area contributed by atoms with Crippen LogP contribution in [0.1, 0.15) is 28.9 Å². The molecule has 2 aliphatic heterocycles. The molecule has 13 heteroatoms. The minimum atomic E-state index is -4.70. The molecule has 0 bridgehead atoms. The van der Waals surface area contributed by atoms with Crippen molar-refractivity contribution in [3.05, 3.63) is 29.6 Å². The van der Waals surface area contributed by atoms with Crippen molar-refractivity contribution in [2.24, 2.45) is 0 Å². The zero-order valence-corrected chi connectivity index (χ0v) is 15.3. The minimum Gasteiger partial charge on any atom is -0.338 e. The van der Waals surface area contributed by atoms with Crippen LogP contribution in [0.2, 0.25) is 0 Å². The predicted octanol–water partition coefficient (Wildman–Crippen LogP) is 2.53. The Balaban J connectivity index is 1.59. The Kier molecular flexibility index (Phi) is 5.65. The number of amides is 4. The quantitative estimate of drug-likeness (QED) is 0.537. The van der Waals surface area contributed by atoms with Gasteiger partial charge in [0.05, 0.1) is 5.56 Å². The van der Waals surface area contributed by atoms with Crippen LogP contribution >= 0.6 is 0 Å². The van der Waals surface area contributed by atoms with Crippen LogP contribution < -0.4 is 0 Å². The SMILES string of the molecule is O=C(c1ccc(C(F)(F)F)nc1)N1CCC(N2CC(=O)N(CC(F)(F)F)C2=O)CC1. The molecule has 0 saturated carbocycles. The minimum absolute atomic E-state index is 0.0368. The summed E-state index contributed by atoms with van der Waals surface area (Å²) < 4.78 is 75.3. The first-order valence-corrected chi connectivity index (χ1v) is 8.87. The molecule has 2 saturated heterocycles. The second kappa shape index (κ2) is 7.76.